The number of phenols is 1. The summed E-state index contributed by atoms with van der Waals surface area (Å²) >= 11 is 0. The van der Waals surface area contributed by atoms with Gasteiger partial charge in [0.25, 0.3) is 0 Å². The molecule has 0 unspecified atom stereocenters. The molecular weight excluding hydrogens is 584 g/mol. The minimum atomic E-state index is -2.11. The van der Waals surface area contributed by atoms with Crippen molar-refractivity contribution in [1.29, 1.82) is 0 Å². The zero-order valence-corrected chi connectivity index (χ0v) is 24.3. The van der Waals surface area contributed by atoms with E-state index in [1.165, 1.54) is 24.5 Å². The van der Waals surface area contributed by atoms with Gasteiger partial charge in [0, 0.05) is 18.4 Å². The average molecular weight is 625 g/mol. The molecule has 1 saturated carbocycles. The van der Waals surface area contributed by atoms with Gasteiger partial charge in [-0.25, -0.2) is 4.79 Å². The lowest BCUT2D eigenvalue weighted by Gasteiger charge is -2.41. The third-order valence-corrected chi connectivity index (χ3v) is 8.06. The molecule has 2 heterocycles. The van der Waals surface area contributed by atoms with Crippen LogP contribution in [0, 0.1) is 17.8 Å². The van der Waals surface area contributed by atoms with Crippen LogP contribution in [0.3, 0.4) is 0 Å². The van der Waals surface area contributed by atoms with Crippen LogP contribution in [0.1, 0.15) is 32.3 Å². The summed E-state index contributed by atoms with van der Waals surface area (Å²) < 4.78 is 27.9. The van der Waals surface area contributed by atoms with Crippen molar-refractivity contribution in [3.8, 4) is 5.75 Å². The first kappa shape index (κ1) is 33.8. The van der Waals surface area contributed by atoms with Gasteiger partial charge >= 0.3 is 11.9 Å². The van der Waals surface area contributed by atoms with Crippen LogP contribution in [-0.4, -0.2) is 116 Å². The first-order valence-electron chi connectivity index (χ1n) is 14.3. The Kier molecular flexibility index (Phi) is 11.0. The van der Waals surface area contributed by atoms with E-state index in [-0.39, 0.29) is 31.1 Å². The highest BCUT2D eigenvalue weighted by Gasteiger charge is 2.62. The number of hydrogen-bond acceptors (Lipinski definition) is 14. The number of phenolic OH excluding ortho intramolecular Hbond substituents is 1. The molecule has 4 rings (SSSR count). The van der Waals surface area contributed by atoms with E-state index in [1.807, 2.05) is 13.8 Å². The number of aromatic hydroxyl groups is 1. The molecule has 14 heteroatoms. The predicted octanol–water partition coefficient (Wildman–Crippen LogP) is -0.677. The normalized spacial score (nSPS) is 35.2. The third-order valence-electron chi connectivity index (χ3n) is 8.06. The summed E-state index contributed by atoms with van der Waals surface area (Å²) in [5.41, 5.74) is -1.15. The van der Waals surface area contributed by atoms with Gasteiger partial charge < -0.3 is 59.4 Å². The molecule has 0 radical (unpaired) electrons. The molecule has 0 amide bonds. The molecule has 1 aromatic carbocycles. The molecule has 0 bridgehead atoms. The highest BCUT2D eigenvalue weighted by atomic mass is 16.7. The highest BCUT2D eigenvalue weighted by Crippen LogP contribution is 2.50. The second-order valence-electron chi connectivity index (χ2n) is 11.7. The van der Waals surface area contributed by atoms with Crippen molar-refractivity contribution in [2.24, 2.45) is 17.8 Å². The van der Waals surface area contributed by atoms with Gasteiger partial charge in [-0.15, -0.1) is 0 Å². The summed E-state index contributed by atoms with van der Waals surface area (Å²) in [6.45, 7) is 1.81. The lowest BCUT2D eigenvalue weighted by molar-refractivity contribution is -0.299. The summed E-state index contributed by atoms with van der Waals surface area (Å²) in [6.07, 6.45) is -6.33. The van der Waals surface area contributed by atoms with Crippen molar-refractivity contribution in [1.82, 2.24) is 0 Å². The van der Waals surface area contributed by atoms with E-state index < -0.39 is 85.7 Å². The van der Waals surface area contributed by atoms with E-state index in [4.69, 9.17) is 23.7 Å². The lowest BCUT2D eigenvalue weighted by atomic mass is 9.80. The molecule has 244 valence electrons. The molecule has 0 aromatic heterocycles. The van der Waals surface area contributed by atoms with E-state index in [0.717, 1.165) is 6.08 Å². The molecule has 1 saturated heterocycles. The number of ether oxygens (including phenoxy) is 5. The van der Waals surface area contributed by atoms with Gasteiger partial charge in [-0.2, -0.15) is 0 Å². The maximum Gasteiger partial charge on any atom is 0.331 e. The second kappa shape index (κ2) is 14.3. The van der Waals surface area contributed by atoms with Crippen LogP contribution in [-0.2, 0) is 33.3 Å². The number of esters is 2. The molecule has 1 aromatic rings. The maximum absolute atomic E-state index is 12.8. The largest absolute Gasteiger partial charge is 0.508 e. The van der Waals surface area contributed by atoms with Crippen LogP contribution in [0.15, 0.2) is 42.2 Å². The average Bonchev–Trinajstić information content (AvgIpc) is 3.28. The van der Waals surface area contributed by atoms with Crippen LogP contribution >= 0.6 is 0 Å². The van der Waals surface area contributed by atoms with Gasteiger partial charge in [0.05, 0.1) is 32.0 Å². The third kappa shape index (κ3) is 7.41. The van der Waals surface area contributed by atoms with Gasteiger partial charge in [0.15, 0.2) is 6.29 Å². The van der Waals surface area contributed by atoms with Gasteiger partial charge in [0.1, 0.15) is 41.9 Å². The molecule has 2 fully saturated rings. The number of carbonyl (C=O) groups is 2. The molecule has 7 N–H and O–H groups in total. The van der Waals surface area contributed by atoms with E-state index in [9.17, 15) is 45.3 Å². The van der Waals surface area contributed by atoms with Gasteiger partial charge in [-0.3, -0.25) is 4.79 Å². The Hall–Kier alpha value is -3.08. The molecule has 3 aliphatic rings. The Morgan fingerprint density at radius 3 is 2.39 bits per heavy atom. The van der Waals surface area contributed by atoms with Crippen molar-refractivity contribution in [3.63, 3.8) is 0 Å². The fourth-order valence-corrected chi connectivity index (χ4v) is 5.70. The predicted molar refractivity (Wildman–Crippen MR) is 149 cm³/mol. The number of fused-ring (bicyclic) bond motifs is 1. The summed E-state index contributed by atoms with van der Waals surface area (Å²) in [6, 6.07) is 6.04. The van der Waals surface area contributed by atoms with Gasteiger partial charge in [-0.1, -0.05) is 26.0 Å². The summed E-state index contributed by atoms with van der Waals surface area (Å²) in [5, 5.41) is 71.5. The van der Waals surface area contributed by atoms with Crippen molar-refractivity contribution in [3.05, 3.63) is 47.7 Å². The number of benzene rings is 1. The fraction of sp³-hybridized carbons (Fsp3) is 0.600. The Balaban J connectivity index is 1.54. The quantitative estimate of drug-likeness (QED) is 0.120. The van der Waals surface area contributed by atoms with E-state index in [0.29, 0.717) is 11.1 Å². The molecule has 14 nitrogen and oxygen atoms in total. The topological polar surface area (TPSA) is 222 Å². The van der Waals surface area contributed by atoms with E-state index >= 15 is 0 Å². The van der Waals surface area contributed by atoms with Gasteiger partial charge in [0.2, 0.25) is 6.29 Å². The lowest BCUT2D eigenvalue weighted by Crippen LogP contribution is -2.59. The molecule has 0 spiro atoms. The maximum atomic E-state index is 12.8. The standard InChI is InChI=1S/C30H40O14/c1-15(2)9-23(35)44-28-24-19(17(12-40-28)13-41-29-27(38)26(37)25(36)20(11-31)42-29)10-21(30(24,39)14-32)43-22(34)8-5-16-3-6-18(33)7-4-16/h3-8,12,15,19-21,24-29,31-33,36-39H,9-11,13-14H2,1-2H3/b8-5+/t19-,20+,21+,24-,25-,26+,27+,28+,29-,30-/m1/s1. The van der Waals surface area contributed by atoms with Crippen molar-refractivity contribution < 1.29 is 69.0 Å². The number of aliphatic hydroxyl groups excluding tert-OH is 5. The monoisotopic (exact) mass is 624 g/mol. The zero-order valence-electron chi connectivity index (χ0n) is 24.3. The van der Waals surface area contributed by atoms with Crippen LogP contribution in [0.25, 0.3) is 6.08 Å². The van der Waals surface area contributed by atoms with Crippen LogP contribution < -0.4 is 0 Å². The number of aliphatic hydroxyl groups is 6. The molecule has 2 aliphatic heterocycles. The Bertz CT molecular complexity index is 1200. The summed E-state index contributed by atoms with van der Waals surface area (Å²) in [7, 11) is 0. The van der Waals surface area contributed by atoms with Crippen molar-refractivity contribution in [2.75, 3.05) is 19.8 Å². The van der Waals surface area contributed by atoms with E-state index in [1.54, 1.807) is 12.1 Å². The summed E-state index contributed by atoms with van der Waals surface area (Å²) in [5.74, 6) is -3.24. The first-order chi connectivity index (χ1) is 20.9. The summed E-state index contributed by atoms with van der Waals surface area (Å²) in [4.78, 5) is 25.3. The Labute approximate surface area is 253 Å². The first-order valence-corrected chi connectivity index (χ1v) is 14.3. The Morgan fingerprint density at radius 1 is 1.05 bits per heavy atom. The number of rotatable bonds is 11. The van der Waals surface area contributed by atoms with Crippen LogP contribution in [0.4, 0.5) is 0 Å². The zero-order chi connectivity index (χ0) is 32.2. The van der Waals surface area contributed by atoms with Crippen LogP contribution in [0.2, 0.25) is 0 Å². The number of carbonyl (C=O) groups excluding carboxylic acids is 2. The smallest absolute Gasteiger partial charge is 0.331 e. The minimum Gasteiger partial charge on any atom is -0.508 e. The van der Waals surface area contributed by atoms with Crippen LogP contribution in [0.5, 0.6) is 5.75 Å². The van der Waals surface area contributed by atoms with E-state index in [2.05, 4.69) is 0 Å². The van der Waals surface area contributed by atoms with Crippen molar-refractivity contribution in [2.45, 2.75) is 75.4 Å². The van der Waals surface area contributed by atoms with Gasteiger partial charge in [-0.05, 0) is 41.7 Å². The Morgan fingerprint density at radius 2 is 1.75 bits per heavy atom. The second-order valence-corrected chi connectivity index (χ2v) is 11.7. The molecule has 10 atom stereocenters. The van der Waals surface area contributed by atoms with Crippen molar-refractivity contribution >= 4 is 18.0 Å². The molecule has 44 heavy (non-hydrogen) atoms. The molecule has 1 aliphatic carbocycles. The highest BCUT2D eigenvalue weighted by molar-refractivity contribution is 5.87. The SMILES string of the molecule is CC(C)CC(=O)O[C@@H]1OC=C(CO[C@@H]2O[C@@H](CO)[C@@H](O)[C@H](O)[C@@H]2O)[C@H]2C[C@H](OC(=O)/C=C/c3ccc(O)cc3)[C@](O)(CO)[C@@H]12. The fourth-order valence-electron chi connectivity index (χ4n) is 5.70. The molecular formula is C30H40O14. The minimum absolute atomic E-state index is 0.0331. The number of hydrogen-bond donors (Lipinski definition) is 7.